The molecular formula is C19H15N3O3S. The maximum atomic E-state index is 12.3. The van der Waals surface area contributed by atoms with E-state index in [9.17, 15) is 9.59 Å². The highest BCUT2D eigenvalue weighted by Gasteiger charge is 2.12. The van der Waals surface area contributed by atoms with Crippen LogP contribution >= 0.6 is 11.3 Å². The van der Waals surface area contributed by atoms with Crippen molar-refractivity contribution in [2.45, 2.75) is 13.1 Å². The van der Waals surface area contributed by atoms with Gasteiger partial charge in [-0.2, -0.15) is 11.3 Å². The summed E-state index contributed by atoms with van der Waals surface area (Å²) < 4.78 is 6.46. The SMILES string of the molecule is O=C(Cn1c(=O)oc2ccccc21)NCc1cncc(-c2ccsc2)c1. The normalized spacial score (nSPS) is 10.9. The van der Waals surface area contributed by atoms with E-state index in [1.54, 1.807) is 48.0 Å². The van der Waals surface area contributed by atoms with Crippen LogP contribution in [0.25, 0.3) is 22.2 Å². The van der Waals surface area contributed by atoms with Gasteiger partial charge in [-0.05, 0) is 46.2 Å². The van der Waals surface area contributed by atoms with Crippen LogP contribution in [0, 0.1) is 0 Å². The van der Waals surface area contributed by atoms with Crippen molar-refractivity contribution >= 4 is 28.3 Å². The van der Waals surface area contributed by atoms with Crippen molar-refractivity contribution in [2.24, 2.45) is 0 Å². The minimum absolute atomic E-state index is 0.0898. The molecule has 0 aliphatic carbocycles. The molecule has 130 valence electrons. The first-order chi connectivity index (χ1) is 12.7. The molecule has 0 bridgehead atoms. The van der Waals surface area contributed by atoms with Gasteiger partial charge in [0.25, 0.3) is 0 Å². The average molecular weight is 365 g/mol. The third-order valence-electron chi connectivity index (χ3n) is 4.01. The first kappa shape index (κ1) is 16.3. The molecule has 1 amide bonds. The molecule has 26 heavy (non-hydrogen) atoms. The Bertz CT molecular complexity index is 1110. The zero-order valence-corrected chi connectivity index (χ0v) is 14.5. The van der Waals surface area contributed by atoms with Crippen molar-refractivity contribution in [1.82, 2.24) is 14.9 Å². The summed E-state index contributed by atoms with van der Waals surface area (Å²) in [4.78, 5) is 28.4. The standard InChI is InChI=1S/C19H15N3O3S/c23-18(11-22-16-3-1-2-4-17(16)25-19(22)24)21-9-13-7-15(10-20-8-13)14-5-6-26-12-14/h1-8,10,12H,9,11H2,(H,21,23). The van der Waals surface area contributed by atoms with Crippen molar-refractivity contribution in [3.8, 4) is 11.1 Å². The van der Waals surface area contributed by atoms with Gasteiger partial charge < -0.3 is 9.73 Å². The van der Waals surface area contributed by atoms with Crippen molar-refractivity contribution in [1.29, 1.82) is 0 Å². The molecule has 0 aliphatic rings. The number of fused-ring (bicyclic) bond motifs is 1. The number of para-hydroxylation sites is 2. The molecule has 0 aliphatic heterocycles. The van der Waals surface area contributed by atoms with Crippen LogP contribution in [0.5, 0.6) is 0 Å². The van der Waals surface area contributed by atoms with Gasteiger partial charge in [-0.3, -0.25) is 14.3 Å². The van der Waals surface area contributed by atoms with Crippen LogP contribution in [0.3, 0.4) is 0 Å². The van der Waals surface area contributed by atoms with Crippen LogP contribution < -0.4 is 11.1 Å². The molecule has 3 aromatic heterocycles. The summed E-state index contributed by atoms with van der Waals surface area (Å²) in [5, 5.41) is 6.89. The van der Waals surface area contributed by atoms with Crippen molar-refractivity contribution in [3.05, 3.63) is 75.7 Å². The van der Waals surface area contributed by atoms with Gasteiger partial charge in [-0.25, -0.2) is 4.79 Å². The Morgan fingerprint density at radius 3 is 2.92 bits per heavy atom. The van der Waals surface area contributed by atoms with Gasteiger partial charge in [0.2, 0.25) is 5.91 Å². The average Bonchev–Trinajstić information content (AvgIpc) is 3.29. The third kappa shape index (κ3) is 3.29. The summed E-state index contributed by atoms with van der Waals surface area (Å²) in [6.07, 6.45) is 3.51. The van der Waals surface area contributed by atoms with Gasteiger partial charge in [-0.15, -0.1) is 0 Å². The third-order valence-corrected chi connectivity index (χ3v) is 4.70. The molecule has 0 atom stereocenters. The molecule has 7 heteroatoms. The number of amides is 1. The fourth-order valence-corrected chi connectivity index (χ4v) is 3.40. The summed E-state index contributed by atoms with van der Waals surface area (Å²) in [5.41, 5.74) is 4.08. The second-order valence-corrected chi connectivity index (χ2v) is 6.57. The first-order valence-corrected chi connectivity index (χ1v) is 8.96. The maximum absolute atomic E-state index is 12.3. The maximum Gasteiger partial charge on any atom is 0.420 e. The number of pyridine rings is 1. The number of nitrogens with zero attached hydrogens (tertiary/aromatic N) is 2. The molecule has 6 nitrogen and oxygen atoms in total. The van der Waals surface area contributed by atoms with Gasteiger partial charge >= 0.3 is 5.76 Å². The van der Waals surface area contributed by atoms with E-state index in [4.69, 9.17) is 4.42 Å². The summed E-state index contributed by atoms with van der Waals surface area (Å²) in [6, 6.07) is 11.1. The van der Waals surface area contributed by atoms with E-state index in [0.29, 0.717) is 17.6 Å². The van der Waals surface area contributed by atoms with Crippen LogP contribution in [0.2, 0.25) is 0 Å². The van der Waals surface area contributed by atoms with Crippen LogP contribution in [-0.2, 0) is 17.9 Å². The fraction of sp³-hybridized carbons (Fsp3) is 0.105. The van der Waals surface area contributed by atoms with Crippen LogP contribution in [-0.4, -0.2) is 15.5 Å². The topological polar surface area (TPSA) is 77.1 Å². The Kier molecular flexibility index (Phi) is 4.37. The molecule has 0 radical (unpaired) electrons. The molecule has 4 aromatic rings. The van der Waals surface area contributed by atoms with E-state index in [-0.39, 0.29) is 12.5 Å². The van der Waals surface area contributed by atoms with Crippen molar-refractivity contribution < 1.29 is 9.21 Å². The molecule has 0 saturated heterocycles. The lowest BCUT2D eigenvalue weighted by atomic mass is 10.1. The van der Waals surface area contributed by atoms with E-state index in [1.165, 1.54) is 4.57 Å². The predicted molar refractivity (Wildman–Crippen MR) is 99.9 cm³/mol. The lowest BCUT2D eigenvalue weighted by Crippen LogP contribution is -2.30. The zero-order chi connectivity index (χ0) is 17.9. The number of benzene rings is 1. The molecule has 3 heterocycles. The van der Waals surface area contributed by atoms with E-state index in [2.05, 4.69) is 15.7 Å². The zero-order valence-electron chi connectivity index (χ0n) is 13.7. The number of hydrogen-bond acceptors (Lipinski definition) is 5. The van der Waals surface area contributed by atoms with Gasteiger partial charge in [0.05, 0.1) is 5.52 Å². The van der Waals surface area contributed by atoms with Gasteiger partial charge in [0, 0.05) is 24.5 Å². The Labute approximate surface area is 152 Å². The Morgan fingerprint density at radius 2 is 2.08 bits per heavy atom. The summed E-state index contributed by atoms with van der Waals surface area (Å²) in [7, 11) is 0. The van der Waals surface area contributed by atoms with E-state index < -0.39 is 5.76 Å². The van der Waals surface area contributed by atoms with E-state index >= 15 is 0 Å². The smallest absolute Gasteiger partial charge is 0.408 e. The quantitative estimate of drug-likeness (QED) is 0.590. The number of carbonyl (C=O) groups is 1. The van der Waals surface area contributed by atoms with Gasteiger partial charge in [-0.1, -0.05) is 12.1 Å². The van der Waals surface area contributed by atoms with E-state index in [1.807, 2.05) is 17.5 Å². The van der Waals surface area contributed by atoms with Gasteiger partial charge in [0.15, 0.2) is 5.58 Å². The summed E-state index contributed by atoms with van der Waals surface area (Å²) in [6.45, 7) is 0.252. The minimum Gasteiger partial charge on any atom is -0.408 e. The molecule has 1 aromatic carbocycles. The number of rotatable bonds is 5. The number of nitrogens with one attached hydrogen (secondary N) is 1. The number of oxazole rings is 1. The van der Waals surface area contributed by atoms with Crippen molar-refractivity contribution in [3.63, 3.8) is 0 Å². The number of thiophene rings is 1. The molecule has 0 unspecified atom stereocenters. The highest BCUT2D eigenvalue weighted by molar-refractivity contribution is 7.08. The highest BCUT2D eigenvalue weighted by atomic mass is 32.1. The van der Waals surface area contributed by atoms with Crippen molar-refractivity contribution in [2.75, 3.05) is 0 Å². The number of hydrogen-bond donors (Lipinski definition) is 1. The predicted octanol–water partition coefficient (Wildman–Crippen LogP) is 3.03. The second-order valence-electron chi connectivity index (χ2n) is 5.79. The second kappa shape index (κ2) is 6.97. The Morgan fingerprint density at radius 1 is 1.19 bits per heavy atom. The molecular weight excluding hydrogens is 350 g/mol. The first-order valence-electron chi connectivity index (χ1n) is 8.02. The Hall–Kier alpha value is -3.19. The van der Waals surface area contributed by atoms with Crippen LogP contribution in [0.15, 0.2) is 68.8 Å². The summed E-state index contributed by atoms with van der Waals surface area (Å²) >= 11 is 1.62. The summed E-state index contributed by atoms with van der Waals surface area (Å²) in [5.74, 6) is -0.804. The number of aromatic nitrogens is 2. The highest BCUT2D eigenvalue weighted by Crippen LogP contribution is 2.21. The largest absolute Gasteiger partial charge is 0.420 e. The molecule has 0 spiro atoms. The molecule has 0 saturated carbocycles. The fourth-order valence-electron chi connectivity index (χ4n) is 2.73. The monoisotopic (exact) mass is 365 g/mol. The lowest BCUT2D eigenvalue weighted by molar-refractivity contribution is -0.121. The lowest BCUT2D eigenvalue weighted by Gasteiger charge is -2.07. The van der Waals surface area contributed by atoms with Crippen LogP contribution in [0.1, 0.15) is 5.56 Å². The minimum atomic E-state index is -0.539. The molecule has 0 fully saturated rings. The Balaban J connectivity index is 1.45. The van der Waals surface area contributed by atoms with E-state index in [0.717, 1.165) is 16.7 Å². The molecule has 1 N–H and O–H groups in total. The van der Waals surface area contributed by atoms with Gasteiger partial charge in [0.1, 0.15) is 6.54 Å². The van der Waals surface area contributed by atoms with Crippen LogP contribution in [0.4, 0.5) is 0 Å². The molecule has 4 rings (SSSR count). The number of carbonyl (C=O) groups excluding carboxylic acids is 1.